The fourth-order valence-electron chi connectivity index (χ4n) is 1.60. The van der Waals surface area contributed by atoms with Gasteiger partial charge in [-0.15, -0.1) is 0 Å². The van der Waals surface area contributed by atoms with E-state index in [0.717, 1.165) is 0 Å². The summed E-state index contributed by atoms with van der Waals surface area (Å²) in [5, 5.41) is 7.93. The number of anilines is 1. The highest BCUT2D eigenvalue weighted by Gasteiger charge is 2.35. The third kappa shape index (κ3) is 7.52. The number of benzene rings is 1. The molecule has 0 aliphatic heterocycles. The monoisotopic (exact) mass is 427 g/mol. The van der Waals surface area contributed by atoms with E-state index < -0.39 is 22.0 Å². The van der Waals surface area contributed by atoms with Crippen LogP contribution in [0.3, 0.4) is 0 Å². The number of amides is 1. The molecule has 0 unspecified atom stereocenters. The van der Waals surface area contributed by atoms with Crippen LogP contribution in [0.4, 0.5) is 10.5 Å². The molecule has 7 nitrogen and oxygen atoms in total. The molecule has 1 amide bonds. The molecule has 25 heavy (non-hydrogen) atoms. The lowest BCUT2D eigenvalue weighted by Crippen LogP contribution is -2.56. The van der Waals surface area contributed by atoms with Gasteiger partial charge < -0.3 is 20.1 Å². The van der Waals surface area contributed by atoms with Crippen molar-refractivity contribution in [1.29, 1.82) is 0 Å². The number of thiocarbonyl (C=S) groups is 1. The fraction of sp³-hybridized carbons (Fsp3) is 0.357. The molecule has 0 aromatic heterocycles. The molecule has 0 bridgehead atoms. The molecule has 1 aromatic carbocycles. The Hall–Kier alpha value is -1.48. The van der Waals surface area contributed by atoms with E-state index >= 15 is 0 Å². The van der Waals surface area contributed by atoms with Gasteiger partial charge in [-0.05, 0) is 43.4 Å². The highest BCUT2D eigenvalue weighted by Crippen LogP contribution is 2.29. The summed E-state index contributed by atoms with van der Waals surface area (Å²) < 4.78 is 7.47. The smallest absolute Gasteiger partial charge is 0.408 e. The van der Waals surface area contributed by atoms with Gasteiger partial charge in [-0.3, -0.25) is 5.32 Å². The van der Waals surface area contributed by atoms with Gasteiger partial charge in [0.25, 0.3) is 0 Å². The summed E-state index contributed by atoms with van der Waals surface area (Å²) in [5.41, 5.74) is 0.958. The Bertz CT molecular complexity index is 623. The molecule has 1 rings (SSSR count). The maximum Gasteiger partial charge on any atom is 0.408 e. The van der Waals surface area contributed by atoms with Crippen LogP contribution in [-0.2, 0) is 9.47 Å². The molecule has 0 radical (unpaired) electrons. The fourth-order valence-corrected chi connectivity index (χ4v) is 2.16. The average molecular weight is 429 g/mol. The molecule has 0 saturated heterocycles. The molecule has 0 spiro atoms. The first-order valence-corrected chi connectivity index (χ1v) is 8.47. The zero-order valence-corrected chi connectivity index (χ0v) is 16.4. The predicted molar refractivity (Wildman–Crippen MR) is 101 cm³/mol. The number of rotatable bonds is 5. The Balaban J connectivity index is 2.71. The van der Waals surface area contributed by atoms with Crippen LogP contribution < -0.4 is 16.0 Å². The number of hydrogen-bond donors (Lipinski definition) is 3. The van der Waals surface area contributed by atoms with Gasteiger partial charge >= 0.3 is 12.1 Å². The van der Waals surface area contributed by atoms with Gasteiger partial charge in [0.05, 0.1) is 19.3 Å². The van der Waals surface area contributed by atoms with Crippen LogP contribution in [0.25, 0.3) is 0 Å². The number of alkyl carbamates (subject to hydrolysis) is 1. The molecule has 0 aliphatic rings. The molecular formula is C14H16Cl3N3O4S. The van der Waals surface area contributed by atoms with Gasteiger partial charge in [-0.25, -0.2) is 9.59 Å². The zero-order valence-electron chi connectivity index (χ0n) is 13.3. The number of hydrogen-bond acceptors (Lipinski definition) is 5. The summed E-state index contributed by atoms with van der Waals surface area (Å²) in [7, 11) is 1.29. The number of nitrogens with one attached hydrogen (secondary N) is 3. The number of alkyl halides is 3. The minimum absolute atomic E-state index is 0.0824. The average Bonchev–Trinajstić information content (AvgIpc) is 2.53. The third-order valence-corrected chi connectivity index (χ3v) is 3.58. The molecule has 138 valence electrons. The number of methoxy groups -OCH3 is 1. The van der Waals surface area contributed by atoms with Crippen molar-refractivity contribution < 1.29 is 19.1 Å². The number of esters is 1. The zero-order chi connectivity index (χ0) is 19.0. The topological polar surface area (TPSA) is 88.7 Å². The number of ether oxygens (including phenoxy) is 2. The van der Waals surface area contributed by atoms with E-state index in [1.807, 2.05) is 0 Å². The second-order valence-corrected chi connectivity index (χ2v) is 7.28. The highest BCUT2D eigenvalue weighted by atomic mass is 35.6. The lowest BCUT2D eigenvalue weighted by molar-refractivity contribution is 0.0600. The van der Waals surface area contributed by atoms with Crippen molar-refractivity contribution >= 4 is 69.9 Å². The van der Waals surface area contributed by atoms with E-state index in [-0.39, 0.29) is 11.7 Å². The Morgan fingerprint density at radius 3 is 2.28 bits per heavy atom. The second-order valence-electron chi connectivity index (χ2n) is 4.51. The van der Waals surface area contributed by atoms with Crippen LogP contribution in [0, 0.1) is 0 Å². The highest BCUT2D eigenvalue weighted by molar-refractivity contribution is 7.80. The Labute approximate surface area is 165 Å². The summed E-state index contributed by atoms with van der Waals surface area (Å²) in [4.78, 5) is 22.9. The van der Waals surface area contributed by atoms with Crippen molar-refractivity contribution in [1.82, 2.24) is 10.6 Å². The van der Waals surface area contributed by atoms with Gasteiger partial charge in [0, 0.05) is 5.69 Å². The van der Waals surface area contributed by atoms with E-state index in [1.165, 1.54) is 7.11 Å². The van der Waals surface area contributed by atoms with E-state index in [0.29, 0.717) is 11.3 Å². The molecule has 3 N–H and O–H groups in total. The summed E-state index contributed by atoms with van der Waals surface area (Å²) in [6.45, 7) is 1.80. The van der Waals surface area contributed by atoms with Crippen molar-refractivity contribution in [3.63, 3.8) is 0 Å². The van der Waals surface area contributed by atoms with Crippen molar-refractivity contribution in [2.24, 2.45) is 0 Å². The summed E-state index contributed by atoms with van der Waals surface area (Å²) in [5.74, 6) is -0.456. The Kier molecular flexibility index (Phi) is 8.51. The quantitative estimate of drug-likeness (QED) is 0.287. The minimum Gasteiger partial charge on any atom is -0.465 e. The lowest BCUT2D eigenvalue weighted by atomic mass is 10.2. The van der Waals surface area contributed by atoms with Crippen molar-refractivity contribution in [2.45, 2.75) is 16.9 Å². The van der Waals surface area contributed by atoms with E-state index in [9.17, 15) is 9.59 Å². The molecule has 11 heteroatoms. The maximum atomic E-state index is 11.5. The normalized spacial score (nSPS) is 11.9. The lowest BCUT2D eigenvalue weighted by Gasteiger charge is -2.27. The van der Waals surface area contributed by atoms with Gasteiger partial charge in [0.15, 0.2) is 11.3 Å². The van der Waals surface area contributed by atoms with Crippen LogP contribution in [0.15, 0.2) is 24.3 Å². The maximum absolute atomic E-state index is 11.5. The van der Waals surface area contributed by atoms with Crippen LogP contribution in [0.5, 0.6) is 0 Å². The SMILES string of the molecule is CCOC(=O)N[C@H](NC(=S)Nc1ccc(C(=O)OC)cc1)C(Cl)(Cl)Cl. The molecule has 0 fully saturated rings. The molecule has 0 saturated carbocycles. The van der Waals surface area contributed by atoms with Gasteiger partial charge in [0.2, 0.25) is 3.79 Å². The molecule has 1 aromatic rings. The summed E-state index contributed by atoms with van der Waals surface area (Å²) >= 11 is 22.6. The van der Waals surface area contributed by atoms with E-state index in [4.69, 9.17) is 51.8 Å². The van der Waals surface area contributed by atoms with Crippen molar-refractivity contribution in [3.8, 4) is 0 Å². The molecule has 0 aliphatic carbocycles. The largest absolute Gasteiger partial charge is 0.465 e. The molecule has 1 atom stereocenters. The van der Waals surface area contributed by atoms with Gasteiger partial charge in [0.1, 0.15) is 0 Å². The van der Waals surface area contributed by atoms with Crippen molar-refractivity contribution in [3.05, 3.63) is 29.8 Å². The first-order valence-electron chi connectivity index (χ1n) is 6.93. The van der Waals surface area contributed by atoms with E-state index in [2.05, 4.69) is 20.7 Å². The van der Waals surface area contributed by atoms with Crippen LogP contribution >= 0.6 is 47.0 Å². The summed E-state index contributed by atoms with van der Waals surface area (Å²) in [6.07, 6.45) is -1.90. The standard InChI is InChI=1S/C14H16Cl3N3O4S/c1-3-24-13(22)20-11(14(15,16)17)19-12(25)18-9-6-4-8(5-7-9)10(21)23-2/h4-7,11H,3H2,1-2H3,(H,20,22)(H2,18,19,25)/t11-/m0/s1. The summed E-state index contributed by atoms with van der Waals surface area (Å²) in [6, 6.07) is 6.34. The molecule has 0 heterocycles. The first-order chi connectivity index (χ1) is 11.7. The minimum atomic E-state index is -1.88. The van der Waals surface area contributed by atoms with Crippen LogP contribution in [0.2, 0.25) is 0 Å². The Morgan fingerprint density at radius 2 is 1.80 bits per heavy atom. The predicted octanol–water partition coefficient (Wildman–Crippen LogP) is 3.20. The number of halogens is 3. The van der Waals surface area contributed by atoms with Gasteiger partial charge in [-0.2, -0.15) is 0 Å². The van der Waals surface area contributed by atoms with Gasteiger partial charge in [-0.1, -0.05) is 34.8 Å². The number of carbonyl (C=O) groups is 2. The van der Waals surface area contributed by atoms with Crippen LogP contribution in [-0.4, -0.2) is 40.8 Å². The van der Waals surface area contributed by atoms with Crippen LogP contribution in [0.1, 0.15) is 17.3 Å². The third-order valence-electron chi connectivity index (χ3n) is 2.70. The Morgan fingerprint density at radius 1 is 1.20 bits per heavy atom. The molecular weight excluding hydrogens is 413 g/mol. The number of carbonyl (C=O) groups excluding carboxylic acids is 2. The van der Waals surface area contributed by atoms with E-state index in [1.54, 1.807) is 31.2 Å². The van der Waals surface area contributed by atoms with Crippen molar-refractivity contribution in [2.75, 3.05) is 19.0 Å². The second kappa shape index (κ2) is 9.86. The first kappa shape index (κ1) is 21.6.